The normalized spacial score (nSPS) is 11.8. The van der Waals surface area contributed by atoms with Crippen LogP contribution in [0.4, 0.5) is 11.5 Å². The summed E-state index contributed by atoms with van der Waals surface area (Å²) >= 11 is 0. The van der Waals surface area contributed by atoms with Gasteiger partial charge in [-0.25, -0.2) is 9.78 Å². The van der Waals surface area contributed by atoms with Crippen molar-refractivity contribution in [1.29, 1.82) is 0 Å². The molecule has 0 saturated carbocycles. The average molecular weight is 285 g/mol. The number of hydrogen-bond acceptors (Lipinski definition) is 5. The maximum absolute atomic E-state index is 11.6. The van der Waals surface area contributed by atoms with E-state index in [4.69, 9.17) is 10.5 Å². The van der Waals surface area contributed by atoms with E-state index in [-0.39, 0.29) is 6.04 Å². The maximum Gasteiger partial charge on any atom is 0.340 e. The molecule has 5 heteroatoms. The molecule has 0 aliphatic heterocycles. The molecular formula is C16H19N3O2. The Labute approximate surface area is 124 Å². The molecule has 0 fully saturated rings. The molecule has 0 radical (unpaired) electrons. The number of aromatic nitrogens is 1. The Hall–Kier alpha value is -2.56. The maximum atomic E-state index is 11.6. The Morgan fingerprint density at radius 3 is 2.57 bits per heavy atom. The first-order valence-corrected chi connectivity index (χ1v) is 6.69. The van der Waals surface area contributed by atoms with Gasteiger partial charge in [-0.3, -0.25) is 0 Å². The van der Waals surface area contributed by atoms with Gasteiger partial charge in [0.25, 0.3) is 0 Å². The summed E-state index contributed by atoms with van der Waals surface area (Å²) in [6.45, 7) is 4.05. The zero-order valence-corrected chi connectivity index (χ0v) is 12.4. The van der Waals surface area contributed by atoms with Crippen molar-refractivity contribution in [1.82, 2.24) is 4.98 Å². The van der Waals surface area contributed by atoms with Gasteiger partial charge in [-0.2, -0.15) is 0 Å². The van der Waals surface area contributed by atoms with E-state index in [0.29, 0.717) is 17.1 Å². The zero-order chi connectivity index (χ0) is 15.4. The lowest BCUT2D eigenvalue weighted by Crippen LogP contribution is -2.13. The highest BCUT2D eigenvalue weighted by Crippen LogP contribution is 2.25. The van der Waals surface area contributed by atoms with Gasteiger partial charge in [-0.1, -0.05) is 29.8 Å². The van der Waals surface area contributed by atoms with Gasteiger partial charge in [0.05, 0.1) is 24.4 Å². The molecule has 1 unspecified atom stereocenters. The molecule has 0 aliphatic carbocycles. The summed E-state index contributed by atoms with van der Waals surface area (Å²) in [7, 11) is 1.32. The molecule has 1 heterocycles. The summed E-state index contributed by atoms with van der Waals surface area (Å²) < 4.78 is 4.70. The van der Waals surface area contributed by atoms with Gasteiger partial charge in [0, 0.05) is 6.20 Å². The third-order valence-electron chi connectivity index (χ3n) is 3.33. The predicted molar refractivity (Wildman–Crippen MR) is 83.2 cm³/mol. The number of nitrogens with two attached hydrogens (primary N) is 1. The number of rotatable bonds is 4. The average Bonchev–Trinajstić information content (AvgIpc) is 2.49. The number of nitrogen functional groups attached to an aromatic ring is 1. The molecule has 0 amide bonds. The number of anilines is 2. The van der Waals surface area contributed by atoms with Gasteiger partial charge in [-0.05, 0) is 25.5 Å². The Kier molecular flexibility index (Phi) is 4.42. The SMILES string of the molecule is COC(=O)c1ccnc(NC(C)c2ccc(C)cc2)c1N. The number of nitrogens with one attached hydrogen (secondary N) is 1. The topological polar surface area (TPSA) is 77.2 Å². The van der Waals surface area contributed by atoms with Crippen LogP contribution in [0, 0.1) is 6.92 Å². The van der Waals surface area contributed by atoms with Gasteiger partial charge in [0.2, 0.25) is 0 Å². The second kappa shape index (κ2) is 6.26. The van der Waals surface area contributed by atoms with Crippen molar-refractivity contribution < 1.29 is 9.53 Å². The highest BCUT2D eigenvalue weighted by atomic mass is 16.5. The molecule has 21 heavy (non-hydrogen) atoms. The van der Waals surface area contributed by atoms with Crippen LogP contribution in [0.1, 0.15) is 34.5 Å². The molecule has 1 aromatic carbocycles. The van der Waals surface area contributed by atoms with Crippen LogP contribution in [0.25, 0.3) is 0 Å². The minimum atomic E-state index is -0.471. The van der Waals surface area contributed by atoms with Crippen molar-refractivity contribution in [3.63, 3.8) is 0 Å². The van der Waals surface area contributed by atoms with Crippen molar-refractivity contribution in [2.24, 2.45) is 0 Å². The Bertz CT molecular complexity index is 638. The Balaban J connectivity index is 2.23. The number of hydrogen-bond donors (Lipinski definition) is 2. The third kappa shape index (κ3) is 3.31. The molecule has 5 nitrogen and oxygen atoms in total. The van der Waals surface area contributed by atoms with E-state index in [1.807, 2.05) is 26.0 Å². The number of aryl methyl sites for hydroxylation is 1. The second-order valence-corrected chi connectivity index (χ2v) is 4.89. The standard InChI is InChI=1S/C16H19N3O2/c1-10-4-6-12(7-5-10)11(2)19-15-14(17)13(8-9-18-15)16(20)21-3/h4-9,11H,17H2,1-3H3,(H,18,19). The van der Waals surface area contributed by atoms with Crippen LogP contribution in [0.15, 0.2) is 36.5 Å². The first-order valence-electron chi connectivity index (χ1n) is 6.69. The molecule has 110 valence electrons. The minimum absolute atomic E-state index is 0.0216. The summed E-state index contributed by atoms with van der Waals surface area (Å²) in [5.74, 6) is 0.00640. The number of carbonyl (C=O) groups excluding carboxylic acids is 1. The Morgan fingerprint density at radius 2 is 1.95 bits per heavy atom. The van der Waals surface area contributed by atoms with Crippen LogP contribution in [0.2, 0.25) is 0 Å². The molecule has 2 rings (SSSR count). The minimum Gasteiger partial charge on any atom is -0.465 e. The first kappa shape index (κ1) is 14.8. The highest BCUT2D eigenvalue weighted by molar-refractivity contribution is 5.97. The number of esters is 1. The van der Waals surface area contributed by atoms with E-state index in [1.54, 1.807) is 6.07 Å². The fourth-order valence-corrected chi connectivity index (χ4v) is 2.02. The van der Waals surface area contributed by atoms with Crippen molar-refractivity contribution >= 4 is 17.5 Å². The van der Waals surface area contributed by atoms with Crippen LogP contribution in [-0.2, 0) is 4.74 Å². The van der Waals surface area contributed by atoms with Gasteiger partial charge >= 0.3 is 5.97 Å². The van der Waals surface area contributed by atoms with Crippen molar-refractivity contribution in [2.75, 3.05) is 18.2 Å². The molecule has 3 N–H and O–H groups in total. The number of methoxy groups -OCH3 is 1. The number of nitrogens with zero attached hydrogens (tertiary/aromatic N) is 1. The lowest BCUT2D eigenvalue weighted by atomic mass is 10.1. The molecule has 2 aromatic rings. The van der Waals surface area contributed by atoms with E-state index in [0.717, 1.165) is 5.56 Å². The van der Waals surface area contributed by atoms with Gasteiger partial charge in [0.15, 0.2) is 5.82 Å². The zero-order valence-electron chi connectivity index (χ0n) is 12.4. The first-order chi connectivity index (χ1) is 10.0. The smallest absolute Gasteiger partial charge is 0.340 e. The summed E-state index contributed by atoms with van der Waals surface area (Å²) in [4.78, 5) is 15.8. The molecular weight excluding hydrogens is 266 g/mol. The van der Waals surface area contributed by atoms with Crippen LogP contribution < -0.4 is 11.1 Å². The van der Waals surface area contributed by atoms with Crippen LogP contribution in [0.3, 0.4) is 0 Å². The van der Waals surface area contributed by atoms with Crippen molar-refractivity contribution in [2.45, 2.75) is 19.9 Å². The monoisotopic (exact) mass is 285 g/mol. The van der Waals surface area contributed by atoms with Gasteiger partial charge < -0.3 is 15.8 Å². The second-order valence-electron chi connectivity index (χ2n) is 4.89. The quantitative estimate of drug-likeness (QED) is 0.845. The predicted octanol–water partition coefficient (Wildman–Crippen LogP) is 2.93. The van der Waals surface area contributed by atoms with Crippen molar-refractivity contribution in [3.8, 4) is 0 Å². The van der Waals surface area contributed by atoms with E-state index >= 15 is 0 Å². The van der Waals surface area contributed by atoms with Crippen LogP contribution >= 0.6 is 0 Å². The van der Waals surface area contributed by atoms with E-state index in [2.05, 4.69) is 22.4 Å². The molecule has 0 bridgehead atoms. The third-order valence-corrected chi connectivity index (χ3v) is 3.33. The highest BCUT2D eigenvalue weighted by Gasteiger charge is 2.15. The largest absolute Gasteiger partial charge is 0.465 e. The van der Waals surface area contributed by atoms with Gasteiger partial charge in [0.1, 0.15) is 0 Å². The van der Waals surface area contributed by atoms with Crippen LogP contribution in [0.5, 0.6) is 0 Å². The van der Waals surface area contributed by atoms with E-state index < -0.39 is 5.97 Å². The Morgan fingerprint density at radius 1 is 1.29 bits per heavy atom. The van der Waals surface area contributed by atoms with Crippen molar-refractivity contribution in [3.05, 3.63) is 53.2 Å². The molecule has 0 aliphatic rings. The number of pyridine rings is 1. The lowest BCUT2D eigenvalue weighted by molar-refractivity contribution is 0.0602. The fourth-order valence-electron chi connectivity index (χ4n) is 2.02. The molecule has 0 spiro atoms. The number of ether oxygens (including phenoxy) is 1. The summed E-state index contributed by atoms with van der Waals surface area (Å²) in [5.41, 5.74) is 8.91. The number of carbonyl (C=O) groups is 1. The summed E-state index contributed by atoms with van der Waals surface area (Å²) in [6, 6.07) is 9.77. The summed E-state index contributed by atoms with van der Waals surface area (Å²) in [5, 5.41) is 3.22. The van der Waals surface area contributed by atoms with Gasteiger partial charge in [-0.15, -0.1) is 0 Å². The number of benzene rings is 1. The van der Waals surface area contributed by atoms with E-state index in [9.17, 15) is 4.79 Å². The summed E-state index contributed by atoms with van der Waals surface area (Å²) in [6.07, 6.45) is 1.53. The fraction of sp³-hybridized carbons (Fsp3) is 0.250. The molecule has 1 atom stereocenters. The molecule has 0 saturated heterocycles. The van der Waals surface area contributed by atoms with E-state index in [1.165, 1.54) is 18.9 Å². The van der Waals surface area contributed by atoms with Crippen LogP contribution in [-0.4, -0.2) is 18.1 Å². The molecule has 1 aromatic heterocycles. The lowest BCUT2D eigenvalue weighted by Gasteiger charge is -2.17.